The lowest BCUT2D eigenvalue weighted by atomic mass is 9.99. The summed E-state index contributed by atoms with van der Waals surface area (Å²) in [5, 5.41) is 0. The van der Waals surface area contributed by atoms with Gasteiger partial charge in [-0.2, -0.15) is 0 Å². The number of ether oxygens (including phenoxy) is 2. The fraction of sp³-hybridized carbons (Fsp3) is 0.316. The molecule has 0 N–H and O–H groups in total. The van der Waals surface area contributed by atoms with Crippen LogP contribution in [0.4, 0.5) is 0 Å². The second-order valence-electron chi connectivity index (χ2n) is 5.23. The molecule has 0 amide bonds. The van der Waals surface area contributed by atoms with Crippen molar-refractivity contribution in [3.63, 3.8) is 0 Å². The van der Waals surface area contributed by atoms with Gasteiger partial charge in [0.1, 0.15) is 24.7 Å². The topological polar surface area (TPSA) is 35.5 Å². The summed E-state index contributed by atoms with van der Waals surface area (Å²) in [6, 6.07) is 15.4. The number of rotatable bonds is 8. The van der Waals surface area contributed by atoms with Crippen molar-refractivity contribution in [3.8, 4) is 11.5 Å². The van der Waals surface area contributed by atoms with E-state index in [9.17, 15) is 4.79 Å². The van der Waals surface area contributed by atoms with Crippen molar-refractivity contribution in [1.29, 1.82) is 0 Å². The number of hydrogen-bond acceptors (Lipinski definition) is 3. The number of benzene rings is 2. The second-order valence-corrected chi connectivity index (χ2v) is 5.23. The SMILES string of the molecule is CCC(C)c1ccc(OCCOc2ccccc2C=O)cc1. The van der Waals surface area contributed by atoms with E-state index in [1.165, 1.54) is 5.56 Å². The molecule has 1 atom stereocenters. The minimum Gasteiger partial charge on any atom is -0.490 e. The third-order valence-electron chi connectivity index (χ3n) is 3.72. The summed E-state index contributed by atoms with van der Waals surface area (Å²) in [6.45, 7) is 5.24. The van der Waals surface area contributed by atoms with Crippen molar-refractivity contribution in [1.82, 2.24) is 0 Å². The van der Waals surface area contributed by atoms with Gasteiger partial charge in [-0.3, -0.25) is 4.79 Å². The van der Waals surface area contributed by atoms with Crippen molar-refractivity contribution in [2.45, 2.75) is 26.2 Å². The number of para-hydroxylation sites is 1. The molecule has 0 saturated carbocycles. The minimum atomic E-state index is 0.401. The summed E-state index contributed by atoms with van der Waals surface area (Å²) in [4.78, 5) is 10.9. The van der Waals surface area contributed by atoms with Crippen LogP contribution in [0.5, 0.6) is 11.5 Å². The molecule has 0 spiro atoms. The highest BCUT2D eigenvalue weighted by molar-refractivity contribution is 5.79. The highest BCUT2D eigenvalue weighted by Gasteiger charge is 2.04. The summed E-state index contributed by atoms with van der Waals surface area (Å²) in [6.07, 6.45) is 1.92. The predicted octanol–water partition coefficient (Wildman–Crippen LogP) is 4.47. The number of carbonyl (C=O) groups is 1. The number of carbonyl (C=O) groups excluding carboxylic acids is 1. The van der Waals surface area contributed by atoms with Gasteiger partial charge in [-0.15, -0.1) is 0 Å². The summed E-state index contributed by atoms with van der Waals surface area (Å²) in [7, 11) is 0. The first-order valence-corrected chi connectivity index (χ1v) is 7.64. The molecule has 0 heterocycles. The van der Waals surface area contributed by atoms with Gasteiger partial charge < -0.3 is 9.47 Å². The maximum Gasteiger partial charge on any atom is 0.153 e. The van der Waals surface area contributed by atoms with Crippen molar-refractivity contribution in [3.05, 3.63) is 59.7 Å². The summed E-state index contributed by atoms with van der Waals surface area (Å²) in [5.41, 5.74) is 1.88. The van der Waals surface area contributed by atoms with Gasteiger partial charge in [0.05, 0.1) is 5.56 Å². The van der Waals surface area contributed by atoms with E-state index >= 15 is 0 Å². The molecule has 1 unspecified atom stereocenters. The Balaban J connectivity index is 1.80. The standard InChI is InChI=1S/C19H22O3/c1-3-15(2)16-8-10-18(11-9-16)21-12-13-22-19-7-5-4-6-17(19)14-20/h4-11,14-15H,3,12-13H2,1-2H3. The molecular formula is C19H22O3. The van der Waals surface area contributed by atoms with Crippen LogP contribution < -0.4 is 9.47 Å². The van der Waals surface area contributed by atoms with Crippen LogP contribution in [-0.2, 0) is 0 Å². The van der Waals surface area contributed by atoms with Crippen molar-refractivity contribution >= 4 is 6.29 Å². The third-order valence-corrected chi connectivity index (χ3v) is 3.72. The first-order chi connectivity index (χ1) is 10.7. The highest BCUT2D eigenvalue weighted by atomic mass is 16.5. The van der Waals surface area contributed by atoms with E-state index < -0.39 is 0 Å². The Bertz CT molecular complexity index is 590. The molecule has 0 aliphatic heterocycles. The zero-order valence-electron chi connectivity index (χ0n) is 13.1. The predicted molar refractivity (Wildman–Crippen MR) is 88.0 cm³/mol. The Hall–Kier alpha value is -2.29. The zero-order valence-corrected chi connectivity index (χ0v) is 13.1. The van der Waals surface area contributed by atoms with Crippen LogP contribution in [0.1, 0.15) is 42.1 Å². The molecule has 2 rings (SSSR count). The van der Waals surface area contributed by atoms with Gasteiger partial charge in [-0.1, -0.05) is 38.1 Å². The average molecular weight is 298 g/mol. The fourth-order valence-electron chi connectivity index (χ4n) is 2.15. The van der Waals surface area contributed by atoms with E-state index in [-0.39, 0.29) is 0 Å². The molecule has 0 radical (unpaired) electrons. The lowest BCUT2D eigenvalue weighted by Gasteiger charge is -2.12. The van der Waals surface area contributed by atoms with E-state index in [2.05, 4.69) is 26.0 Å². The Morgan fingerprint density at radius 1 is 1.00 bits per heavy atom. The average Bonchev–Trinajstić information content (AvgIpc) is 2.59. The molecule has 2 aromatic rings. The Kier molecular flexibility index (Phi) is 6.01. The monoisotopic (exact) mass is 298 g/mol. The Morgan fingerprint density at radius 2 is 1.68 bits per heavy atom. The molecule has 3 nitrogen and oxygen atoms in total. The summed E-state index contributed by atoms with van der Waals surface area (Å²) in [5.74, 6) is 1.99. The third kappa shape index (κ3) is 4.35. The van der Waals surface area contributed by atoms with Gasteiger partial charge in [-0.25, -0.2) is 0 Å². The maximum absolute atomic E-state index is 10.9. The van der Waals surface area contributed by atoms with Crippen LogP contribution in [0.15, 0.2) is 48.5 Å². The van der Waals surface area contributed by atoms with Crippen LogP contribution in [0.2, 0.25) is 0 Å². The fourth-order valence-corrected chi connectivity index (χ4v) is 2.15. The van der Waals surface area contributed by atoms with Crippen molar-refractivity contribution < 1.29 is 14.3 Å². The summed E-state index contributed by atoms with van der Waals surface area (Å²) < 4.78 is 11.2. The summed E-state index contributed by atoms with van der Waals surface area (Å²) >= 11 is 0. The molecule has 0 aromatic heterocycles. The van der Waals surface area contributed by atoms with Crippen molar-refractivity contribution in [2.24, 2.45) is 0 Å². The van der Waals surface area contributed by atoms with E-state index in [0.717, 1.165) is 18.5 Å². The Morgan fingerprint density at radius 3 is 2.36 bits per heavy atom. The molecule has 2 aromatic carbocycles. The van der Waals surface area contributed by atoms with Gasteiger partial charge >= 0.3 is 0 Å². The lowest BCUT2D eigenvalue weighted by molar-refractivity contribution is 0.111. The molecule has 0 fully saturated rings. The molecule has 0 aliphatic rings. The molecule has 0 saturated heterocycles. The molecular weight excluding hydrogens is 276 g/mol. The largest absolute Gasteiger partial charge is 0.490 e. The first kappa shape index (κ1) is 16.1. The van der Waals surface area contributed by atoms with Crippen LogP contribution >= 0.6 is 0 Å². The van der Waals surface area contributed by atoms with Crippen LogP contribution in [0, 0.1) is 0 Å². The van der Waals surface area contributed by atoms with Gasteiger partial charge in [0.2, 0.25) is 0 Å². The quantitative estimate of drug-likeness (QED) is 0.533. The van der Waals surface area contributed by atoms with E-state index in [1.54, 1.807) is 12.1 Å². The molecule has 116 valence electrons. The first-order valence-electron chi connectivity index (χ1n) is 7.64. The molecule has 3 heteroatoms. The number of aldehydes is 1. The zero-order chi connectivity index (χ0) is 15.8. The normalized spacial score (nSPS) is 11.7. The van der Waals surface area contributed by atoms with Gasteiger partial charge in [-0.05, 0) is 42.2 Å². The minimum absolute atomic E-state index is 0.401. The highest BCUT2D eigenvalue weighted by Crippen LogP contribution is 2.21. The van der Waals surface area contributed by atoms with Crippen LogP contribution in [0.3, 0.4) is 0 Å². The maximum atomic E-state index is 10.9. The number of hydrogen-bond donors (Lipinski definition) is 0. The van der Waals surface area contributed by atoms with E-state index in [0.29, 0.717) is 30.4 Å². The van der Waals surface area contributed by atoms with Crippen molar-refractivity contribution in [2.75, 3.05) is 13.2 Å². The smallest absolute Gasteiger partial charge is 0.153 e. The van der Waals surface area contributed by atoms with Gasteiger partial charge in [0.25, 0.3) is 0 Å². The van der Waals surface area contributed by atoms with Crippen LogP contribution in [-0.4, -0.2) is 19.5 Å². The molecule has 22 heavy (non-hydrogen) atoms. The molecule has 0 aliphatic carbocycles. The van der Waals surface area contributed by atoms with Crippen LogP contribution in [0.25, 0.3) is 0 Å². The molecule has 0 bridgehead atoms. The second kappa shape index (κ2) is 8.23. The van der Waals surface area contributed by atoms with E-state index in [1.807, 2.05) is 24.3 Å². The Labute approximate surface area is 131 Å². The van der Waals surface area contributed by atoms with Gasteiger partial charge in [0.15, 0.2) is 6.29 Å². The lowest BCUT2D eigenvalue weighted by Crippen LogP contribution is -2.10. The van der Waals surface area contributed by atoms with Gasteiger partial charge in [0, 0.05) is 0 Å². The van der Waals surface area contributed by atoms with E-state index in [4.69, 9.17) is 9.47 Å².